The number of aromatic nitrogens is 2. The van der Waals surface area contributed by atoms with Gasteiger partial charge in [-0.05, 0) is 74.7 Å². The van der Waals surface area contributed by atoms with E-state index in [0.717, 1.165) is 35.8 Å². The highest BCUT2D eigenvalue weighted by molar-refractivity contribution is 7.93. The van der Waals surface area contributed by atoms with Crippen molar-refractivity contribution in [2.75, 3.05) is 47.2 Å². The van der Waals surface area contributed by atoms with E-state index in [-0.39, 0.29) is 23.4 Å². The van der Waals surface area contributed by atoms with Crippen LogP contribution in [0, 0.1) is 6.92 Å². The molecular formula is C25H31ClN6O3S2. The van der Waals surface area contributed by atoms with Crippen LogP contribution in [-0.4, -0.2) is 68.2 Å². The fourth-order valence-corrected chi connectivity index (χ4v) is 6.94. The van der Waals surface area contributed by atoms with E-state index < -0.39 is 10.0 Å². The Bertz CT molecular complexity index is 1390. The number of aryl methyl sites for hydroxylation is 2. The predicted octanol–water partition coefficient (Wildman–Crippen LogP) is 4.04. The number of fused-ring (bicyclic) bond motifs is 1. The molecule has 2 aliphatic rings. The van der Waals surface area contributed by atoms with Gasteiger partial charge in [-0.3, -0.25) is 9.52 Å². The Hall–Kier alpha value is -2.89. The summed E-state index contributed by atoms with van der Waals surface area (Å²) in [5, 5.41) is 9.32. The molecule has 1 unspecified atom stereocenters. The number of hydrogen-bond donors (Lipinski definition) is 1. The van der Waals surface area contributed by atoms with Crippen molar-refractivity contribution in [3.63, 3.8) is 0 Å². The third-order valence-electron chi connectivity index (χ3n) is 6.87. The van der Waals surface area contributed by atoms with Crippen molar-refractivity contribution in [3.05, 3.63) is 58.1 Å². The van der Waals surface area contributed by atoms with Gasteiger partial charge in [-0.1, -0.05) is 22.9 Å². The molecule has 1 atom stereocenters. The minimum absolute atomic E-state index is 0. The van der Waals surface area contributed by atoms with Crippen molar-refractivity contribution < 1.29 is 14.6 Å². The molecule has 0 aliphatic carbocycles. The number of amides is 1. The zero-order valence-corrected chi connectivity index (χ0v) is 23.1. The van der Waals surface area contributed by atoms with Crippen LogP contribution in [-0.2, 0) is 21.2 Å². The van der Waals surface area contributed by atoms with Crippen LogP contribution in [0.15, 0.2) is 47.4 Å². The largest absolute Gasteiger partial charge is 0.368 e. The van der Waals surface area contributed by atoms with E-state index in [1.807, 2.05) is 30.0 Å². The average molecular weight is 563 g/mol. The van der Waals surface area contributed by atoms with Crippen molar-refractivity contribution in [3.8, 4) is 0 Å². The molecule has 0 radical (unpaired) electrons. The maximum absolute atomic E-state index is 13.4. The van der Waals surface area contributed by atoms with Gasteiger partial charge in [-0.2, -0.15) is 0 Å². The van der Waals surface area contributed by atoms with E-state index in [9.17, 15) is 13.2 Å². The molecule has 9 nitrogen and oxygen atoms in total. The maximum Gasteiger partial charge on any atom is 0.263 e. The molecule has 2 aromatic carbocycles. The molecule has 0 saturated carbocycles. The molecule has 1 fully saturated rings. The zero-order valence-electron chi connectivity index (χ0n) is 20.7. The maximum atomic E-state index is 13.4. The van der Waals surface area contributed by atoms with Crippen LogP contribution < -0.4 is 14.5 Å². The second-order valence-electron chi connectivity index (χ2n) is 9.28. The van der Waals surface area contributed by atoms with Gasteiger partial charge in [-0.25, -0.2) is 8.42 Å². The van der Waals surface area contributed by atoms with Gasteiger partial charge in [0.1, 0.15) is 11.0 Å². The smallest absolute Gasteiger partial charge is 0.263 e. The summed E-state index contributed by atoms with van der Waals surface area (Å²) >= 11 is 7.37. The van der Waals surface area contributed by atoms with Crippen LogP contribution in [0.1, 0.15) is 25.3 Å². The minimum atomic E-state index is -3.74. The first-order chi connectivity index (χ1) is 17.7. The SMILES string of the molecule is Cc1nnc(NS(=O)(=O)c2ccc(N3CCN(C(=O)C(C)N4CCCc5cc(Cl)ccc54)CC3)cc2)s1.[HH]. The molecule has 0 bridgehead atoms. The molecule has 2 aliphatic heterocycles. The number of sulfonamides is 1. The highest BCUT2D eigenvalue weighted by atomic mass is 35.5. The molecule has 12 heteroatoms. The fraction of sp³-hybridized carbons (Fsp3) is 0.400. The topological polar surface area (TPSA) is 98.7 Å². The Kier molecular flexibility index (Phi) is 7.28. The molecule has 3 heterocycles. The first-order valence-electron chi connectivity index (χ1n) is 12.2. The molecule has 1 N–H and O–H groups in total. The standard InChI is InChI=1S/C25H29ClN6O3S2.H2/c1-17(32-11-3-4-19-16-20(26)5-10-23(19)32)24(33)31-14-12-30(13-15-31)21-6-8-22(9-7-21)37(34,35)29-25-28-27-18(2)36-25;/h5-10,16-17H,3-4,11-15H2,1-2H3,(H,28,29);1H. The number of benzene rings is 2. The fourth-order valence-electron chi connectivity index (χ4n) is 4.93. The van der Waals surface area contributed by atoms with Crippen molar-refractivity contribution in [1.82, 2.24) is 15.1 Å². The lowest BCUT2D eigenvalue weighted by atomic mass is 10.00. The Balaban J connectivity index is 0.00000336. The Labute approximate surface area is 227 Å². The Morgan fingerprint density at radius 3 is 2.49 bits per heavy atom. The molecular weight excluding hydrogens is 532 g/mol. The van der Waals surface area contributed by atoms with E-state index >= 15 is 0 Å². The van der Waals surface area contributed by atoms with Crippen LogP contribution in [0.25, 0.3) is 0 Å². The van der Waals surface area contributed by atoms with Crippen molar-refractivity contribution in [2.45, 2.75) is 37.6 Å². The molecule has 1 saturated heterocycles. The van der Waals surface area contributed by atoms with Gasteiger partial charge in [-0.15, -0.1) is 10.2 Å². The number of anilines is 3. The third kappa shape index (κ3) is 5.53. The lowest BCUT2D eigenvalue weighted by molar-refractivity contribution is -0.132. The lowest BCUT2D eigenvalue weighted by Gasteiger charge is -2.41. The summed E-state index contributed by atoms with van der Waals surface area (Å²) in [6, 6.07) is 12.4. The number of hydrogen-bond acceptors (Lipinski definition) is 8. The van der Waals surface area contributed by atoms with Crippen molar-refractivity contribution in [1.29, 1.82) is 0 Å². The highest BCUT2D eigenvalue weighted by Gasteiger charge is 2.31. The predicted molar refractivity (Wildman–Crippen MR) is 149 cm³/mol. The van der Waals surface area contributed by atoms with Crippen molar-refractivity contribution in [2.24, 2.45) is 0 Å². The van der Waals surface area contributed by atoms with Crippen LogP contribution in [0.4, 0.5) is 16.5 Å². The molecule has 198 valence electrons. The normalized spacial score (nSPS) is 16.9. The highest BCUT2D eigenvalue weighted by Crippen LogP contribution is 2.31. The molecule has 1 aromatic heterocycles. The minimum Gasteiger partial charge on any atom is -0.368 e. The molecule has 0 spiro atoms. The number of carbonyl (C=O) groups excluding carboxylic acids is 1. The summed E-state index contributed by atoms with van der Waals surface area (Å²) in [5.74, 6) is 0.127. The second-order valence-corrected chi connectivity index (χ2v) is 12.6. The first-order valence-corrected chi connectivity index (χ1v) is 14.9. The van der Waals surface area contributed by atoms with E-state index in [1.165, 1.54) is 16.9 Å². The van der Waals surface area contributed by atoms with Gasteiger partial charge < -0.3 is 14.7 Å². The Morgan fingerprint density at radius 2 is 1.81 bits per heavy atom. The summed E-state index contributed by atoms with van der Waals surface area (Å²) < 4.78 is 27.8. The van der Waals surface area contributed by atoms with E-state index in [4.69, 9.17) is 11.6 Å². The van der Waals surface area contributed by atoms with E-state index in [1.54, 1.807) is 31.2 Å². The Morgan fingerprint density at radius 1 is 1.08 bits per heavy atom. The molecule has 3 aromatic rings. The van der Waals surface area contributed by atoms with Crippen LogP contribution in [0.2, 0.25) is 5.02 Å². The number of nitrogens with one attached hydrogen (secondary N) is 1. The second kappa shape index (κ2) is 10.5. The van der Waals surface area contributed by atoms with Crippen LogP contribution in [0.5, 0.6) is 0 Å². The summed E-state index contributed by atoms with van der Waals surface area (Å²) in [6.07, 6.45) is 1.98. The monoisotopic (exact) mass is 562 g/mol. The van der Waals surface area contributed by atoms with Crippen LogP contribution in [0.3, 0.4) is 0 Å². The number of halogens is 1. The number of carbonyl (C=O) groups is 1. The van der Waals surface area contributed by atoms with Gasteiger partial charge in [0.25, 0.3) is 10.0 Å². The first kappa shape index (κ1) is 25.7. The third-order valence-corrected chi connectivity index (χ3v) is 9.35. The molecule has 1 amide bonds. The summed E-state index contributed by atoms with van der Waals surface area (Å²) in [5.41, 5.74) is 3.22. The van der Waals surface area contributed by atoms with Gasteiger partial charge in [0.2, 0.25) is 11.0 Å². The lowest BCUT2D eigenvalue weighted by Crippen LogP contribution is -2.55. The summed E-state index contributed by atoms with van der Waals surface area (Å²) in [7, 11) is -3.74. The zero-order chi connectivity index (χ0) is 26.2. The summed E-state index contributed by atoms with van der Waals surface area (Å²) in [6.45, 7) is 7.18. The van der Waals surface area contributed by atoms with Gasteiger partial charge in [0.05, 0.1) is 4.90 Å². The van der Waals surface area contributed by atoms with Crippen molar-refractivity contribution >= 4 is 55.4 Å². The quantitative estimate of drug-likeness (QED) is 0.484. The average Bonchev–Trinajstić information content (AvgIpc) is 3.31. The number of piperazine rings is 1. The van der Waals surface area contributed by atoms with E-state index in [0.29, 0.717) is 31.2 Å². The van der Waals surface area contributed by atoms with Crippen LogP contribution >= 0.6 is 22.9 Å². The molecule has 37 heavy (non-hydrogen) atoms. The number of nitrogens with zero attached hydrogens (tertiary/aromatic N) is 5. The van der Waals surface area contributed by atoms with E-state index in [2.05, 4.69) is 24.7 Å². The van der Waals surface area contributed by atoms with Gasteiger partial charge >= 0.3 is 0 Å². The number of rotatable bonds is 6. The summed E-state index contributed by atoms with van der Waals surface area (Å²) in [4.78, 5) is 19.8. The van der Waals surface area contributed by atoms with Gasteiger partial charge in [0, 0.05) is 50.5 Å². The molecule has 5 rings (SSSR count). The van der Waals surface area contributed by atoms with Gasteiger partial charge in [0.15, 0.2) is 0 Å².